The fraction of sp³-hybridized carbons (Fsp3) is 0.385. The lowest BCUT2D eigenvalue weighted by Gasteiger charge is -2.26. The number of carbonyl (C=O) groups is 1. The molecule has 2 aromatic carbocycles. The van der Waals surface area contributed by atoms with Gasteiger partial charge in [-0.3, -0.25) is 14.6 Å². The number of benzene rings is 2. The number of amides is 1. The second-order valence-electron chi connectivity index (χ2n) is 8.36. The molecular formula is C26H28Cl2N2O4S2. The smallest absolute Gasteiger partial charge is 0.266 e. The Labute approximate surface area is 231 Å². The summed E-state index contributed by atoms with van der Waals surface area (Å²) < 4.78 is 17.3. The van der Waals surface area contributed by atoms with Gasteiger partial charge in [0.2, 0.25) is 0 Å². The van der Waals surface area contributed by atoms with Gasteiger partial charge in [-0.15, -0.1) is 0 Å². The number of thioether (sulfide) groups is 1. The van der Waals surface area contributed by atoms with E-state index in [9.17, 15) is 4.79 Å². The minimum absolute atomic E-state index is 0.0852. The molecule has 6 nitrogen and oxygen atoms in total. The van der Waals surface area contributed by atoms with Gasteiger partial charge in [-0.2, -0.15) is 0 Å². The molecule has 0 radical (unpaired) electrons. The van der Waals surface area contributed by atoms with Crippen molar-refractivity contribution in [3.05, 3.63) is 56.9 Å². The molecule has 0 spiro atoms. The van der Waals surface area contributed by atoms with Crippen LogP contribution in [0.3, 0.4) is 0 Å². The quantitative estimate of drug-likeness (QED) is 0.210. The summed E-state index contributed by atoms with van der Waals surface area (Å²) in [5.41, 5.74) is 2.50. The third-order valence-corrected chi connectivity index (χ3v) is 7.82. The Morgan fingerprint density at radius 1 is 1.08 bits per heavy atom. The number of carbonyl (C=O) groups excluding carboxylic acids is 1. The predicted molar refractivity (Wildman–Crippen MR) is 151 cm³/mol. The Kier molecular flexibility index (Phi) is 10.1. The fourth-order valence-electron chi connectivity index (χ4n) is 4.00. The highest BCUT2D eigenvalue weighted by molar-refractivity contribution is 8.26. The first-order valence-electron chi connectivity index (χ1n) is 11.7. The third kappa shape index (κ3) is 7.01. The average molecular weight is 568 g/mol. The summed E-state index contributed by atoms with van der Waals surface area (Å²) in [6.45, 7) is 5.77. The van der Waals surface area contributed by atoms with Gasteiger partial charge >= 0.3 is 0 Å². The number of methoxy groups -OCH3 is 1. The van der Waals surface area contributed by atoms with E-state index in [2.05, 4.69) is 4.90 Å². The van der Waals surface area contributed by atoms with Crippen molar-refractivity contribution in [1.29, 1.82) is 0 Å². The predicted octanol–water partition coefficient (Wildman–Crippen LogP) is 5.61. The van der Waals surface area contributed by atoms with Crippen molar-refractivity contribution in [2.45, 2.75) is 6.42 Å². The number of ether oxygens (including phenoxy) is 3. The molecule has 1 amide bonds. The zero-order valence-corrected chi connectivity index (χ0v) is 23.2. The number of thiocarbonyl (C=S) groups is 1. The average Bonchev–Trinajstić information content (AvgIpc) is 3.13. The molecule has 2 aromatic rings. The van der Waals surface area contributed by atoms with E-state index in [0.29, 0.717) is 39.0 Å². The van der Waals surface area contributed by atoms with Crippen molar-refractivity contribution < 1.29 is 19.0 Å². The molecule has 10 heteroatoms. The van der Waals surface area contributed by atoms with Crippen LogP contribution >= 0.6 is 47.2 Å². The molecule has 0 aromatic heterocycles. The largest absolute Gasteiger partial charge is 0.492 e. The minimum Gasteiger partial charge on any atom is -0.492 e. The van der Waals surface area contributed by atoms with Gasteiger partial charge in [-0.1, -0.05) is 59.3 Å². The topological polar surface area (TPSA) is 51.2 Å². The number of morpholine rings is 1. The first-order chi connectivity index (χ1) is 17.5. The van der Waals surface area contributed by atoms with Crippen molar-refractivity contribution in [3.63, 3.8) is 0 Å². The van der Waals surface area contributed by atoms with E-state index in [0.717, 1.165) is 61.7 Å². The van der Waals surface area contributed by atoms with Crippen LogP contribution in [0.15, 0.2) is 41.3 Å². The molecule has 2 fully saturated rings. The summed E-state index contributed by atoms with van der Waals surface area (Å²) in [6, 6.07) is 11.2. The fourth-order valence-corrected chi connectivity index (χ4v) is 5.82. The van der Waals surface area contributed by atoms with Gasteiger partial charge in [0, 0.05) is 56.0 Å². The Balaban J connectivity index is 1.57. The van der Waals surface area contributed by atoms with Crippen LogP contribution in [0.4, 0.5) is 0 Å². The van der Waals surface area contributed by atoms with Crippen LogP contribution in [0.5, 0.6) is 5.75 Å². The van der Waals surface area contributed by atoms with Gasteiger partial charge in [0.15, 0.2) is 0 Å². The lowest BCUT2D eigenvalue weighted by Crippen LogP contribution is -2.38. The van der Waals surface area contributed by atoms with E-state index < -0.39 is 0 Å². The molecule has 192 valence electrons. The molecule has 0 unspecified atom stereocenters. The summed E-state index contributed by atoms with van der Waals surface area (Å²) in [6.07, 6.45) is 2.59. The van der Waals surface area contributed by atoms with Crippen LogP contribution in [-0.4, -0.2) is 79.7 Å². The molecule has 2 aliphatic rings. The number of nitrogens with zero attached hydrogens (tertiary/aromatic N) is 2. The lowest BCUT2D eigenvalue weighted by molar-refractivity contribution is -0.122. The number of hydrogen-bond acceptors (Lipinski definition) is 7. The summed E-state index contributed by atoms with van der Waals surface area (Å²) in [7, 11) is 1.64. The van der Waals surface area contributed by atoms with Crippen LogP contribution in [-0.2, 0) is 14.3 Å². The second-order valence-corrected chi connectivity index (χ2v) is 10.9. The third-order valence-electron chi connectivity index (χ3n) is 5.90. The zero-order valence-electron chi connectivity index (χ0n) is 20.0. The van der Waals surface area contributed by atoms with E-state index in [-0.39, 0.29) is 5.91 Å². The van der Waals surface area contributed by atoms with Crippen molar-refractivity contribution in [2.75, 3.05) is 59.7 Å². The summed E-state index contributed by atoms with van der Waals surface area (Å²) in [5, 5.41) is 1.09. The Morgan fingerprint density at radius 2 is 1.89 bits per heavy atom. The minimum atomic E-state index is -0.0852. The van der Waals surface area contributed by atoms with Crippen LogP contribution in [0.25, 0.3) is 17.2 Å². The normalized spacial score (nSPS) is 17.9. The standard InChI is InChI=1S/C26H28Cl2N2O4S2/c1-32-11-2-7-30-25(31)24(36-26(30)35)16-18-3-6-23(34-14-10-29-8-12-33-13-9-29)21(15-18)20-5-4-19(27)17-22(20)28/h3-6,15-17H,2,7-14H2,1H3. The van der Waals surface area contributed by atoms with Crippen molar-refractivity contribution >= 4 is 63.5 Å². The highest BCUT2D eigenvalue weighted by Crippen LogP contribution is 2.39. The molecule has 36 heavy (non-hydrogen) atoms. The maximum Gasteiger partial charge on any atom is 0.266 e. The van der Waals surface area contributed by atoms with Gasteiger partial charge in [-0.25, -0.2) is 0 Å². The highest BCUT2D eigenvalue weighted by atomic mass is 35.5. The van der Waals surface area contributed by atoms with E-state index in [1.165, 1.54) is 11.8 Å². The van der Waals surface area contributed by atoms with Gasteiger partial charge in [0.1, 0.15) is 16.7 Å². The highest BCUT2D eigenvalue weighted by Gasteiger charge is 2.31. The Bertz CT molecular complexity index is 1140. The summed E-state index contributed by atoms with van der Waals surface area (Å²) in [5.74, 6) is 0.634. The van der Waals surface area contributed by atoms with E-state index in [1.807, 2.05) is 30.3 Å². The number of hydrogen-bond donors (Lipinski definition) is 0. The van der Waals surface area contributed by atoms with E-state index >= 15 is 0 Å². The monoisotopic (exact) mass is 566 g/mol. The lowest BCUT2D eigenvalue weighted by atomic mass is 10.0. The number of rotatable bonds is 10. The van der Waals surface area contributed by atoms with Crippen LogP contribution in [0, 0.1) is 0 Å². The first-order valence-corrected chi connectivity index (χ1v) is 13.7. The SMILES string of the molecule is COCCCN1C(=O)C(=Cc2ccc(OCCN3CCOCC3)c(-c3ccc(Cl)cc3Cl)c2)SC1=S. The van der Waals surface area contributed by atoms with Crippen LogP contribution in [0.1, 0.15) is 12.0 Å². The molecule has 0 bridgehead atoms. The second kappa shape index (κ2) is 13.2. The van der Waals surface area contributed by atoms with Crippen molar-refractivity contribution in [2.24, 2.45) is 0 Å². The van der Waals surface area contributed by atoms with E-state index in [1.54, 1.807) is 24.1 Å². The molecule has 0 N–H and O–H groups in total. The van der Waals surface area contributed by atoms with E-state index in [4.69, 9.17) is 49.6 Å². The molecule has 0 aliphatic carbocycles. The summed E-state index contributed by atoms with van der Waals surface area (Å²) >= 11 is 19.5. The first kappa shape index (κ1) is 27.4. The molecule has 2 saturated heterocycles. The van der Waals surface area contributed by atoms with Gasteiger partial charge < -0.3 is 14.2 Å². The van der Waals surface area contributed by atoms with Crippen molar-refractivity contribution in [1.82, 2.24) is 9.80 Å². The van der Waals surface area contributed by atoms with Crippen molar-refractivity contribution in [3.8, 4) is 16.9 Å². The summed E-state index contributed by atoms with van der Waals surface area (Å²) in [4.78, 5) is 17.5. The Hall–Kier alpha value is -1.65. The molecule has 0 saturated carbocycles. The zero-order chi connectivity index (χ0) is 25.5. The molecule has 2 aliphatic heterocycles. The Morgan fingerprint density at radius 3 is 2.64 bits per heavy atom. The maximum absolute atomic E-state index is 13.0. The van der Waals surface area contributed by atoms with Crippen LogP contribution < -0.4 is 4.74 Å². The molecule has 4 rings (SSSR count). The molecule has 0 atom stereocenters. The van der Waals surface area contributed by atoms with Gasteiger partial charge in [-0.05, 0) is 42.3 Å². The maximum atomic E-state index is 13.0. The van der Waals surface area contributed by atoms with Crippen LogP contribution in [0.2, 0.25) is 10.0 Å². The van der Waals surface area contributed by atoms with Gasteiger partial charge in [0.05, 0.1) is 23.1 Å². The molecule has 2 heterocycles. The van der Waals surface area contributed by atoms with Gasteiger partial charge in [0.25, 0.3) is 5.91 Å². The molecular weight excluding hydrogens is 539 g/mol. The number of halogens is 2.